The van der Waals surface area contributed by atoms with E-state index in [-0.39, 0.29) is 18.3 Å². The van der Waals surface area contributed by atoms with Crippen LogP contribution < -0.4 is 20.4 Å². The van der Waals surface area contributed by atoms with E-state index in [9.17, 15) is 14.0 Å². The summed E-state index contributed by atoms with van der Waals surface area (Å²) >= 11 is 0. The van der Waals surface area contributed by atoms with Crippen molar-refractivity contribution >= 4 is 17.6 Å². The van der Waals surface area contributed by atoms with Crippen LogP contribution in [0.3, 0.4) is 0 Å². The highest BCUT2D eigenvalue weighted by Crippen LogP contribution is 2.14. The Balaban J connectivity index is 1.76. The van der Waals surface area contributed by atoms with Crippen LogP contribution in [0.2, 0.25) is 0 Å². The number of hydrogen-bond donors (Lipinski definition) is 3. The first-order valence-corrected chi connectivity index (χ1v) is 7.50. The molecule has 2 rings (SSSR count). The SMILES string of the molecule is CCNC(=O)NC(=O)C[NH+]1CCN(c2ccc(F)cc2)CC1. The number of urea groups is 1. The average Bonchev–Trinajstić information content (AvgIpc) is 2.49. The maximum Gasteiger partial charge on any atom is 0.321 e. The average molecular weight is 309 g/mol. The lowest BCUT2D eigenvalue weighted by Gasteiger charge is -2.33. The fourth-order valence-electron chi connectivity index (χ4n) is 2.51. The van der Waals surface area contributed by atoms with Crippen LogP contribution in [-0.2, 0) is 4.79 Å². The van der Waals surface area contributed by atoms with Crippen molar-refractivity contribution in [2.75, 3.05) is 44.2 Å². The van der Waals surface area contributed by atoms with E-state index in [4.69, 9.17) is 0 Å². The van der Waals surface area contributed by atoms with Gasteiger partial charge in [0.15, 0.2) is 6.54 Å². The van der Waals surface area contributed by atoms with Gasteiger partial charge in [-0.15, -0.1) is 0 Å². The largest absolute Gasteiger partial charge is 0.360 e. The Bertz CT molecular complexity index is 513. The zero-order chi connectivity index (χ0) is 15.9. The van der Waals surface area contributed by atoms with E-state index in [0.717, 1.165) is 36.8 Å². The molecule has 1 saturated heterocycles. The van der Waals surface area contributed by atoms with Gasteiger partial charge in [0.1, 0.15) is 5.82 Å². The van der Waals surface area contributed by atoms with Crippen LogP contribution in [0.1, 0.15) is 6.92 Å². The summed E-state index contributed by atoms with van der Waals surface area (Å²) < 4.78 is 12.9. The quantitative estimate of drug-likeness (QED) is 0.694. The summed E-state index contributed by atoms with van der Waals surface area (Å²) in [6.45, 7) is 5.78. The van der Waals surface area contributed by atoms with E-state index in [1.54, 1.807) is 19.1 Å². The Labute approximate surface area is 129 Å². The first-order valence-electron chi connectivity index (χ1n) is 7.50. The molecule has 0 aliphatic carbocycles. The van der Waals surface area contributed by atoms with Gasteiger partial charge in [-0.25, -0.2) is 9.18 Å². The molecule has 3 N–H and O–H groups in total. The predicted molar refractivity (Wildman–Crippen MR) is 81.4 cm³/mol. The third-order valence-corrected chi connectivity index (χ3v) is 3.66. The van der Waals surface area contributed by atoms with E-state index in [2.05, 4.69) is 15.5 Å². The number of nitrogens with zero attached hydrogens (tertiary/aromatic N) is 1. The summed E-state index contributed by atoms with van der Waals surface area (Å²) in [4.78, 5) is 26.3. The topological polar surface area (TPSA) is 65.9 Å². The van der Waals surface area contributed by atoms with Gasteiger partial charge in [-0.3, -0.25) is 10.1 Å². The van der Waals surface area contributed by atoms with Crippen molar-refractivity contribution in [3.63, 3.8) is 0 Å². The maximum atomic E-state index is 12.9. The standard InChI is InChI=1S/C15H21FN4O2/c1-2-17-15(22)18-14(21)11-19-7-9-20(10-8-19)13-5-3-12(16)4-6-13/h3-6H,2,7-11H2,1H3,(H2,17,18,21,22)/p+1. The summed E-state index contributed by atoms with van der Waals surface area (Å²) in [7, 11) is 0. The number of piperazine rings is 1. The zero-order valence-electron chi connectivity index (χ0n) is 12.7. The van der Waals surface area contributed by atoms with Gasteiger partial charge in [0.05, 0.1) is 26.2 Å². The second kappa shape index (κ2) is 7.74. The Hall–Kier alpha value is -2.15. The van der Waals surface area contributed by atoms with E-state index in [0.29, 0.717) is 6.54 Å². The molecule has 1 aromatic rings. The van der Waals surface area contributed by atoms with E-state index >= 15 is 0 Å². The molecule has 1 aliphatic rings. The molecule has 0 spiro atoms. The Morgan fingerprint density at radius 3 is 2.45 bits per heavy atom. The molecule has 1 fully saturated rings. The minimum atomic E-state index is -0.447. The molecular weight excluding hydrogens is 287 g/mol. The third-order valence-electron chi connectivity index (χ3n) is 3.66. The van der Waals surface area contributed by atoms with E-state index < -0.39 is 6.03 Å². The lowest BCUT2D eigenvalue weighted by Crippen LogP contribution is -3.16. The van der Waals surface area contributed by atoms with Gasteiger partial charge < -0.3 is 15.1 Å². The second-order valence-corrected chi connectivity index (χ2v) is 5.30. The molecule has 120 valence electrons. The highest BCUT2D eigenvalue weighted by Gasteiger charge is 2.22. The van der Waals surface area contributed by atoms with Crippen LogP contribution in [0.5, 0.6) is 0 Å². The van der Waals surface area contributed by atoms with Gasteiger partial charge in [0, 0.05) is 12.2 Å². The van der Waals surface area contributed by atoms with Crippen molar-refractivity contribution in [2.24, 2.45) is 0 Å². The number of benzene rings is 1. The molecule has 6 nitrogen and oxygen atoms in total. The van der Waals surface area contributed by atoms with Gasteiger partial charge >= 0.3 is 6.03 Å². The minimum absolute atomic E-state index is 0.241. The number of amides is 3. The Morgan fingerprint density at radius 2 is 1.86 bits per heavy atom. The third kappa shape index (κ3) is 4.70. The number of quaternary nitrogens is 1. The number of halogens is 1. The van der Waals surface area contributed by atoms with Crippen LogP contribution >= 0.6 is 0 Å². The van der Waals surface area contributed by atoms with Crippen LogP contribution in [0.4, 0.5) is 14.9 Å². The molecule has 7 heteroatoms. The number of imide groups is 1. The van der Waals surface area contributed by atoms with Gasteiger partial charge in [-0.05, 0) is 31.2 Å². The normalized spacial score (nSPS) is 15.5. The van der Waals surface area contributed by atoms with Gasteiger partial charge in [0.2, 0.25) is 0 Å². The van der Waals surface area contributed by atoms with Crippen molar-refractivity contribution in [1.82, 2.24) is 10.6 Å². The van der Waals surface area contributed by atoms with E-state index in [1.165, 1.54) is 12.1 Å². The highest BCUT2D eigenvalue weighted by molar-refractivity contribution is 5.94. The van der Waals surface area contributed by atoms with Gasteiger partial charge in [0.25, 0.3) is 5.91 Å². The number of anilines is 1. The fourth-order valence-corrected chi connectivity index (χ4v) is 2.51. The Morgan fingerprint density at radius 1 is 1.23 bits per heavy atom. The van der Waals surface area contributed by atoms with Crippen molar-refractivity contribution in [1.29, 1.82) is 0 Å². The predicted octanol–water partition coefficient (Wildman–Crippen LogP) is -0.624. The van der Waals surface area contributed by atoms with Gasteiger partial charge in [-0.2, -0.15) is 0 Å². The first kappa shape index (κ1) is 16.2. The number of carbonyl (C=O) groups is 2. The molecule has 0 aromatic heterocycles. The number of carbonyl (C=O) groups excluding carboxylic acids is 2. The van der Waals surface area contributed by atoms with Gasteiger partial charge in [-0.1, -0.05) is 0 Å². The summed E-state index contributed by atoms with van der Waals surface area (Å²) in [5, 5.41) is 4.84. The van der Waals surface area contributed by atoms with E-state index in [1.807, 2.05) is 0 Å². The smallest absolute Gasteiger partial charge is 0.321 e. The zero-order valence-corrected chi connectivity index (χ0v) is 12.7. The lowest BCUT2D eigenvalue weighted by atomic mass is 10.2. The molecule has 0 atom stereocenters. The number of hydrogen-bond acceptors (Lipinski definition) is 3. The Kier molecular flexibility index (Phi) is 5.71. The minimum Gasteiger partial charge on any atom is -0.360 e. The molecule has 22 heavy (non-hydrogen) atoms. The summed E-state index contributed by atoms with van der Waals surface area (Å²) in [5.41, 5.74) is 0.993. The molecule has 0 saturated carbocycles. The summed E-state index contributed by atoms with van der Waals surface area (Å²) in [6, 6.07) is 5.99. The van der Waals surface area contributed by atoms with Crippen LogP contribution in [-0.4, -0.2) is 51.2 Å². The van der Waals surface area contributed by atoms with Crippen LogP contribution in [0, 0.1) is 5.82 Å². The number of nitrogens with one attached hydrogen (secondary N) is 3. The molecule has 3 amide bonds. The molecule has 1 aromatic carbocycles. The maximum absolute atomic E-state index is 12.9. The lowest BCUT2D eigenvalue weighted by molar-refractivity contribution is -0.892. The number of rotatable bonds is 4. The molecule has 1 heterocycles. The first-order chi connectivity index (χ1) is 10.6. The summed E-state index contributed by atoms with van der Waals surface area (Å²) in [5.74, 6) is -0.508. The highest BCUT2D eigenvalue weighted by atomic mass is 19.1. The molecular formula is C15H22FN4O2+. The van der Waals surface area contributed by atoms with Crippen molar-refractivity contribution in [3.8, 4) is 0 Å². The fraction of sp³-hybridized carbons (Fsp3) is 0.467. The van der Waals surface area contributed by atoms with Crippen molar-refractivity contribution in [2.45, 2.75) is 6.92 Å². The molecule has 0 unspecified atom stereocenters. The van der Waals surface area contributed by atoms with Crippen molar-refractivity contribution < 1.29 is 18.9 Å². The molecule has 0 bridgehead atoms. The monoisotopic (exact) mass is 309 g/mol. The molecule has 0 radical (unpaired) electrons. The van der Waals surface area contributed by atoms with Crippen LogP contribution in [0.15, 0.2) is 24.3 Å². The molecule has 1 aliphatic heterocycles. The van der Waals surface area contributed by atoms with Crippen LogP contribution in [0.25, 0.3) is 0 Å². The summed E-state index contributed by atoms with van der Waals surface area (Å²) in [6.07, 6.45) is 0. The second-order valence-electron chi connectivity index (χ2n) is 5.30. The van der Waals surface area contributed by atoms with Crippen molar-refractivity contribution in [3.05, 3.63) is 30.1 Å².